The first-order chi connectivity index (χ1) is 8.08. The van der Waals surface area contributed by atoms with Crippen molar-refractivity contribution in [1.29, 1.82) is 0 Å². The molecule has 2 rings (SSSR count). The first-order valence-corrected chi connectivity index (χ1v) is 5.40. The molecule has 2 N–H and O–H groups in total. The van der Waals surface area contributed by atoms with Crippen LogP contribution in [0.5, 0.6) is 11.6 Å². The Hall–Kier alpha value is -1.69. The quantitative estimate of drug-likeness (QED) is 0.923. The molecule has 17 heavy (non-hydrogen) atoms. The summed E-state index contributed by atoms with van der Waals surface area (Å²) in [5.41, 5.74) is 5.93. The highest BCUT2D eigenvalue weighted by atomic mass is 79.9. The molecule has 88 valence electrons. The molecule has 0 fully saturated rings. The smallest absolute Gasteiger partial charge is 0.233 e. The Morgan fingerprint density at radius 2 is 2.06 bits per heavy atom. The second-order valence-electron chi connectivity index (χ2n) is 3.21. The van der Waals surface area contributed by atoms with Gasteiger partial charge in [-0.15, -0.1) is 0 Å². The van der Waals surface area contributed by atoms with E-state index in [0.29, 0.717) is 10.2 Å². The Bertz CT molecular complexity index is 563. The van der Waals surface area contributed by atoms with Gasteiger partial charge in [-0.25, -0.2) is 9.37 Å². The summed E-state index contributed by atoms with van der Waals surface area (Å²) in [6, 6.07) is 5.22. The van der Waals surface area contributed by atoms with Crippen LogP contribution in [0.2, 0.25) is 0 Å². The van der Waals surface area contributed by atoms with Crippen LogP contribution in [0.25, 0.3) is 0 Å². The van der Waals surface area contributed by atoms with Crippen LogP contribution in [0.15, 0.2) is 34.9 Å². The van der Waals surface area contributed by atoms with Crippen molar-refractivity contribution in [1.82, 2.24) is 4.98 Å². The highest BCUT2D eigenvalue weighted by Gasteiger charge is 2.12. The van der Waals surface area contributed by atoms with E-state index in [1.807, 2.05) is 0 Å². The standard InChI is InChI=1S/C11H7BrF2N2O/c12-7-4-6(15)5-16-11(7)17-9-3-1-2-8(13)10(9)14/h1-5H,15H2. The lowest BCUT2D eigenvalue weighted by molar-refractivity contribution is 0.404. The van der Waals surface area contributed by atoms with E-state index in [9.17, 15) is 8.78 Å². The van der Waals surface area contributed by atoms with E-state index in [1.54, 1.807) is 6.07 Å². The fourth-order valence-corrected chi connectivity index (χ4v) is 1.63. The van der Waals surface area contributed by atoms with E-state index in [1.165, 1.54) is 18.3 Å². The predicted molar refractivity (Wildman–Crippen MR) is 62.8 cm³/mol. The molecule has 0 saturated heterocycles. The molecule has 0 aliphatic heterocycles. The fourth-order valence-electron chi connectivity index (χ4n) is 1.18. The van der Waals surface area contributed by atoms with Gasteiger partial charge >= 0.3 is 0 Å². The van der Waals surface area contributed by atoms with Gasteiger partial charge in [0.15, 0.2) is 11.6 Å². The number of nitrogens with two attached hydrogens (primary N) is 1. The van der Waals surface area contributed by atoms with Crippen LogP contribution in [0.4, 0.5) is 14.5 Å². The van der Waals surface area contributed by atoms with Crippen LogP contribution in [0.1, 0.15) is 0 Å². The molecule has 0 atom stereocenters. The van der Waals surface area contributed by atoms with E-state index in [2.05, 4.69) is 20.9 Å². The molecule has 1 aromatic heterocycles. The molecule has 0 saturated carbocycles. The van der Waals surface area contributed by atoms with Crippen molar-refractivity contribution in [3.63, 3.8) is 0 Å². The average molecular weight is 301 g/mol. The zero-order valence-corrected chi connectivity index (χ0v) is 10.0. The molecule has 0 aliphatic rings. The molecule has 1 aromatic carbocycles. The summed E-state index contributed by atoms with van der Waals surface area (Å²) < 4.78 is 31.9. The van der Waals surface area contributed by atoms with Crippen molar-refractivity contribution < 1.29 is 13.5 Å². The van der Waals surface area contributed by atoms with E-state index < -0.39 is 11.6 Å². The normalized spacial score (nSPS) is 10.3. The second-order valence-corrected chi connectivity index (χ2v) is 4.06. The highest BCUT2D eigenvalue weighted by Crippen LogP contribution is 2.30. The summed E-state index contributed by atoms with van der Waals surface area (Å²) in [7, 11) is 0. The van der Waals surface area contributed by atoms with Gasteiger partial charge in [0.05, 0.1) is 16.4 Å². The Morgan fingerprint density at radius 1 is 1.29 bits per heavy atom. The lowest BCUT2D eigenvalue weighted by Gasteiger charge is -2.07. The fraction of sp³-hybridized carbons (Fsp3) is 0. The van der Waals surface area contributed by atoms with Crippen LogP contribution in [0.3, 0.4) is 0 Å². The van der Waals surface area contributed by atoms with Crippen LogP contribution < -0.4 is 10.5 Å². The Balaban J connectivity index is 2.35. The molecular formula is C11H7BrF2N2O. The molecule has 0 aliphatic carbocycles. The number of pyridine rings is 1. The second kappa shape index (κ2) is 4.67. The van der Waals surface area contributed by atoms with Gasteiger partial charge in [0.1, 0.15) is 0 Å². The minimum absolute atomic E-state index is 0.115. The number of hydrogen-bond donors (Lipinski definition) is 1. The van der Waals surface area contributed by atoms with Crippen LogP contribution in [-0.2, 0) is 0 Å². The number of halogens is 3. The zero-order chi connectivity index (χ0) is 12.4. The van der Waals surface area contributed by atoms with Crippen LogP contribution in [0, 0.1) is 11.6 Å². The molecule has 0 radical (unpaired) electrons. The minimum Gasteiger partial charge on any atom is -0.435 e. The summed E-state index contributed by atoms with van der Waals surface area (Å²) >= 11 is 3.16. The van der Waals surface area contributed by atoms with Crippen molar-refractivity contribution in [2.75, 3.05) is 5.73 Å². The van der Waals surface area contributed by atoms with E-state index in [0.717, 1.165) is 6.07 Å². The molecule has 0 spiro atoms. The molecule has 0 unspecified atom stereocenters. The molecular weight excluding hydrogens is 294 g/mol. The Labute approximate surface area is 104 Å². The number of nitrogen functional groups attached to an aromatic ring is 1. The van der Waals surface area contributed by atoms with Gasteiger partial charge in [-0.1, -0.05) is 6.07 Å². The number of ether oxygens (including phenoxy) is 1. The molecule has 0 amide bonds. The number of aromatic nitrogens is 1. The van der Waals surface area contributed by atoms with Gasteiger partial charge in [-0.05, 0) is 34.1 Å². The largest absolute Gasteiger partial charge is 0.435 e. The number of hydrogen-bond acceptors (Lipinski definition) is 3. The lowest BCUT2D eigenvalue weighted by Crippen LogP contribution is -1.95. The number of anilines is 1. The van der Waals surface area contributed by atoms with Crippen LogP contribution in [-0.4, -0.2) is 4.98 Å². The van der Waals surface area contributed by atoms with E-state index in [4.69, 9.17) is 10.5 Å². The maximum Gasteiger partial charge on any atom is 0.233 e. The predicted octanol–water partition coefficient (Wildman–Crippen LogP) is 3.50. The number of benzene rings is 1. The third kappa shape index (κ3) is 2.52. The lowest BCUT2D eigenvalue weighted by atomic mass is 10.3. The van der Waals surface area contributed by atoms with Gasteiger partial charge in [0.2, 0.25) is 11.7 Å². The number of rotatable bonds is 2. The van der Waals surface area contributed by atoms with Gasteiger partial charge < -0.3 is 10.5 Å². The monoisotopic (exact) mass is 300 g/mol. The van der Waals surface area contributed by atoms with Gasteiger partial charge in [-0.3, -0.25) is 0 Å². The summed E-state index contributed by atoms with van der Waals surface area (Å²) in [6.45, 7) is 0. The molecule has 6 heteroatoms. The zero-order valence-electron chi connectivity index (χ0n) is 8.45. The first kappa shape index (κ1) is 11.8. The summed E-state index contributed by atoms with van der Waals surface area (Å²) in [5, 5.41) is 0. The topological polar surface area (TPSA) is 48.1 Å². The maximum absolute atomic E-state index is 13.3. The first-order valence-electron chi connectivity index (χ1n) is 4.61. The Kier molecular flexibility index (Phi) is 3.23. The van der Waals surface area contributed by atoms with Crippen molar-refractivity contribution >= 4 is 21.6 Å². The average Bonchev–Trinajstić information content (AvgIpc) is 2.28. The van der Waals surface area contributed by atoms with Crippen LogP contribution >= 0.6 is 15.9 Å². The summed E-state index contributed by atoms with van der Waals surface area (Å²) in [4.78, 5) is 3.86. The molecule has 3 nitrogen and oxygen atoms in total. The molecule has 0 bridgehead atoms. The SMILES string of the molecule is Nc1cnc(Oc2cccc(F)c2F)c(Br)c1. The summed E-state index contributed by atoms with van der Waals surface area (Å²) in [5.74, 6) is -2.15. The van der Waals surface area contributed by atoms with Crippen molar-refractivity contribution in [3.05, 3.63) is 46.6 Å². The van der Waals surface area contributed by atoms with Crippen molar-refractivity contribution in [3.8, 4) is 11.6 Å². The Morgan fingerprint density at radius 3 is 2.76 bits per heavy atom. The summed E-state index contributed by atoms with van der Waals surface area (Å²) in [6.07, 6.45) is 1.36. The minimum atomic E-state index is -1.06. The van der Waals surface area contributed by atoms with E-state index >= 15 is 0 Å². The third-order valence-electron chi connectivity index (χ3n) is 1.95. The van der Waals surface area contributed by atoms with E-state index in [-0.39, 0.29) is 11.6 Å². The van der Waals surface area contributed by atoms with Crippen molar-refractivity contribution in [2.45, 2.75) is 0 Å². The van der Waals surface area contributed by atoms with Crippen molar-refractivity contribution in [2.24, 2.45) is 0 Å². The third-order valence-corrected chi connectivity index (χ3v) is 2.52. The van der Waals surface area contributed by atoms with Gasteiger partial charge in [0.25, 0.3) is 0 Å². The molecule has 2 aromatic rings. The maximum atomic E-state index is 13.3. The number of nitrogens with zero attached hydrogens (tertiary/aromatic N) is 1. The molecule has 1 heterocycles. The van der Waals surface area contributed by atoms with Gasteiger partial charge in [0, 0.05) is 0 Å². The van der Waals surface area contributed by atoms with Gasteiger partial charge in [-0.2, -0.15) is 4.39 Å². The highest BCUT2D eigenvalue weighted by molar-refractivity contribution is 9.10.